The smallest absolute Gasteiger partial charge is 0.280 e. The van der Waals surface area contributed by atoms with Crippen LogP contribution in [-0.2, 0) is 6.54 Å². The Morgan fingerprint density at radius 3 is 2.43 bits per heavy atom. The van der Waals surface area contributed by atoms with Crippen molar-refractivity contribution in [2.24, 2.45) is 5.92 Å². The van der Waals surface area contributed by atoms with Gasteiger partial charge in [0.05, 0.1) is 22.0 Å². The lowest BCUT2D eigenvalue weighted by Gasteiger charge is -2.13. The Labute approximate surface area is 122 Å². The number of nitrogens with zero attached hydrogens (tertiary/aromatic N) is 2. The zero-order valence-corrected chi connectivity index (χ0v) is 12.0. The van der Waals surface area contributed by atoms with Crippen molar-refractivity contribution in [1.29, 1.82) is 0 Å². The van der Waals surface area contributed by atoms with Crippen molar-refractivity contribution in [1.82, 2.24) is 5.32 Å². The van der Waals surface area contributed by atoms with Crippen LogP contribution in [0.5, 0.6) is 0 Å². The van der Waals surface area contributed by atoms with E-state index < -0.39 is 16.0 Å². The van der Waals surface area contributed by atoms with Crippen LogP contribution in [0.4, 0.5) is 11.4 Å². The van der Waals surface area contributed by atoms with E-state index >= 15 is 0 Å². The number of benzene rings is 1. The molecular weight excluding hydrogens is 278 g/mol. The van der Waals surface area contributed by atoms with Crippen LogP contribution in [0.25, 0.3) is 0 Å². The minimum absolute atomic E-state index is 0.170. The second kappa shape index (κ2) is 7.65. The molecule has 1 aromatic carbocycles. The predicted octanol–water partition coefficient (Wildman–Crippen LogP) is 2.00. The third-order valence-electron chi connectivity index (χ3n) is 2.92. The molecule has 0 aliphatic carbocycles. The van der Waals surface area contributed by atoms with Crippen molar-refractivity contribution in [2.45, 2.75) is 32.9 Å². The maximum absolute atomic E-state index is 10.9. The standard InChI is InChI=1S/C13H19N3O5/c1-9(2)5-12(17)8-14-7-10-3-4-11(15(18)19)6-13(10)16(20)21/h3-4,6,9,12,14,17H,5,7-8H2,1-2H3. The van der Waals surface area contributed by atoms with Crippen LogP contribution in [0.15, 0.2) is 18.2 Å². The molecule has 0 saturated heterocycles. The topological polar surface area (TPSA) is 119 Å². The fraction of sp³-hybridized carbons (Fsp3) is 0.538. The van der Waals surface area contributed by atoms with Crippen molar-refractivity contribution in [2.75, 3.05) is 6.54 Å². The van der Waals surface area contributed by atoms with E-state index in [-0.39, 0.29) is 17.9 Å². The largest absolute Gasteiger partial charge is 0.392 e. The maximum atomic E-state index is 10.9. The summed E-state index contributed by atoms with van der Waals surface area (Å²) in [5.74, 6) is 0.357. The summed E-state index contributed by atoms with van der Waals surface area (Å²) in [5.41, 5.74) is -0.261. The van der Waals surface area contributed by atoms with Crippen LogP contribution >= 0.6 is 0 Å². The molecule has 0 fully saturated rings. The summed E-state index contributed by atoms with van der Waals surface area (Å²) in [4.78, 5) is 20.3. The molecule has 0 amide bonds. The number of rotatable bonds is 8. The van der Waals surface area contributed by atoms with E-state index in [1.807, 2.05) is 13.8 Å². The molecule has 0 heterocycles. The van der Waals surface area contributed by atoms with Crippen LogP contribution < -0.4 is 5.32 Å². The average molecular weight is 297 g/mol. The van der Waals surface area contributed by atoms with Crippen LogP contribution in [0.2, 0.25) is 0 Å². The Morgan fingerprint density at radius 1 is 1.24 bits per heavy atom. The van der Waals surface area contributed by atoms with E-state index in [1.54, 1.807) is 0 Å². The number of nitrogens with one attached hydrogen (secondary N) is 1. The molecule has 0 aromatic heterocycles. The zero-order valence-electron chi connectivity index (χ0n) is 12.0. The molecule has 0 radical (unpaired) electrons. The minimum Gasteiger partial charge on any atom is -0.392 e. The highest BCUT2D eigenvalue weighted by atomic mass is 16.6. The van der Waals surface area contributed by atoms with Gasteiger partial charge < -0.3 is 10.4 Å². The van der Waals surface area contributed by atoms with Crippen molar-refractivity contribution in [3.63, 3.8) is 0 Å². The SMILES string of the molecule is CC(C)CC(O)CNCc1ccc([N+](=O)[O-])cc1[N+](=O)[O-]. The van der Waals surface area contributed by atoms with Gasteiger partial charge in [-0.25, -0.2) is 0 Å². The Bertz CT molecular complexity index is 519. The summed E-state index contributed by atoms with van der Waals surface area (Å²) < 4.78 is 0. The molecule has 116 valence electrons. The Hall–Kier alpha value is -2.06. The first-order valence-corrected chi connectivity index (χ1v) is 6.61. The summed E-state index contributed by atoms with van der Waals surface area (Å²) >= 11 is 0. The maximum Gasteiger partial charge on any atom is 0.280 e. The number of aliphatic hydroxyl groups is 1. The lowest BCUT2D eigenvalue weighted by Crippen LogP contribution is -2.27. The van der Waals surface area contributed by atoms with Crippen LogP contribution in [0.1, 0.15) is 25.8 Å². The fourth-order valence-electron chi connectivity index (χ4n) is 1.99. The summed E-state index contributed by atoms with van der Waals surface area (Å²) in [6.07, 6.45) is 0.108. The Morgan fingerprint density at radius 2 is 1.90 bits per heavy atom. The Balaban J connectivity index is 2.70. The molecule has 21 heavy (non-hydrogen) atoms. The number of nitro groups is 2. The van der Waals surface area contributed by atoms with Gasteiger partial charge in [-0.15, -0.1) is 0 Å². The molecule has 0 bridgehead atoms. The average Bonchev–Trinajstić information content (AvgIpc) is 2.37. The van der Waals surface area contributed by atoms with Crippen LogP contribution in [0, 0.1) is 26.1 Å². The van der Waals surface area contributed by atoms with Gasteiger partial charge in [0.2, 0.25) is 0 Å². The van der Waals surface area contributed by atoms with Gasteiger partial charge in [-0.3, -0.25) is 20.2 Å². The number of aliphatic hydroxyl groups excluding tert-OH is 1. The van der Waals surface area contributed by atoms with Crippen molar-refractivity contribution in [3.05, 3.63) is 44.0 Å². The third-order valence-corrected chi connectivity index (χ3v) is 2.92. The Kier molecular flexibility index (Phi) is 6.19. The van der Waals surface area contributed by atoms with Crippen molar-refractivity contribution in [3.8, 4) is 0 Å². The molecule has 0 saturated carbocycles. The summed E-state index contributed by atoms with van der Waals surface area (Å²) in [7, 11) is 0. The van der Waals surface area contributed by atoms with Crippen LogP contribution in [-0.4, -0.2) is 27.6 Å². The lowest BCUT2D eigenvalue weighted by molar-refractivity contribution is -0.394. The normalized spacial score (nSPS) is 12.4. The van der Waals surface area contributed by atoms with Gasteiger partial charge >= 0.3 is 0 Å². The summed E-state index contributed by atoms with van der Waals surface area (Å²) in [5, 5.41) is 34.2. The van der Waals surface area contributed by atoms with Gasteiger partial charge in [-0.05, 0) is 18.4 Å². The lowest BCUT2D eigenvalue weighted by atomic mass is 10.1. The van der Waals surface area contributed by atoms with E-state index in [9.17, 15) is 25.3 Å². The number of non-ortho nitro benzene ring substituents is 1. The molecule has 0 aliphatic rings. The first-order valence-electron chi connectivity index (χ1n) is 6.61. The zero-order chi connectivity index (χ0) is 16.0. The van der Waals surface area contributed by atoms with Gasteiger partial charge in [-0.1, -0.05) is 13.8 Å². The van der Waals surface area contributed by atoms with Gasteiger partial charge in [0.1, 0.15) is 0 Å². The molecule has 2 N–H and O–H groups in total. The van der Waals surface area contributed by atoms with E-state index in [0.717, 1.165) is 6.07 Å². The van der Waals surface area contributed by atoms with Gasteiger partial charge in [0, 0.05) is 24.7 Å². The highest BCUT2D eigenvalue weighted by Crippen LogP contribution is 2.24. The van der Waals surface area contributed by atoms with E-state index in [4.69, 9.17) is 0 Å². The highest BCUT2D eigenvalue weighted by molar-refractivity contribution is 5.49. The number of nitro benzene ring substituents is 2. The van der Waals surface area contributed by atoms with Gasteiger partial charge in [0.15, 0.2) is 0 Å². The molecule has 1 unspecified atom stereocenters. The predicted molar refractivity (Wildman–Crippen MR) is 76.9 cm³/mol. The van der Waals surface area contributed by atoms with Crippen molar-refractivity contribution < 1.29 is 15.0 Å². The first kappa shape index (κ1) is 17.0. The first-order chi connectivity index (χ1) is 9.81. The second-order valence-electron chi connectivity index (χ2n) is 5.24. The molecular formula is C13H19N3O5. The molecule has 1 rings (SSSR count). The highest BCUT2D eigenvalue weighted by Gasteiger charge is 2.19. The van der Waals surface area contributed by atoms with Gasteiger partial charge in [-0.2, -0.15) is 0 Å². The second-order valence-corrected chi connectivity index (χ2v) is 5.24. The van der Waals surface area contributed by atoms with Crippen molar-refractivity contribution >= 4 is 11.4 Å². The summed E-state index contributed by atoms with van der Waals surface area (Å²) in [6, 6.07) is 3.54. The molecule has 8 heteroatoms. The molecule has 0 spiro atoms. The van der Waals surface area contributed by atoms with E-state index in [0.29, 0.717) is 24.4 Å². The monoisotopic (exact) mass is 297 g/mol. The van der Waals surface area contributed by atoms with Crippen LogP contribution in [0.3, 0.4) is 0 Å². The third kappa shape index (κ3) is 5.44. The minimum atomic E-state index is -0.670. The quantitative estimate of drug-likeness (QED) is 0.559. The molecule has 0 aliphatic heterocycles. The number of hydrogen-bond acceptors (Lipinski definition) is 6. The van der Waals surface area contributed by atoms with E-state index in [2.05, 4.69) is 5.32 Å². The number of hydrogen-bond donors (Lipinski definition) is 2. The van der Waals surface area contributed by atoms with Gasteiger partial charge in [0.25, 0.3) is 11.4 Å². The summed E-state index contributed by atoms with van der Waals surface area (Å²) in [6.45, 7) is 4.46. The molecule has 1 aromatic rings. The molecule has 8 nitrogen and oxygen atoms in total. The fourth-order valence-corrected chi connectivity index (χ4v) is 1.99. The van der Waals surface area contributed by atoms with E-state index in [1.165, 1.54) is 12.1 Å². The molecule has 1 atom stereocenters.